The molecule has 0 spiro atoms. The monoisotopic (exact) mass is 243 g/mol. The number of nitrogens with one attached hydrogen (secondary N) is 1. The highest BCUT2D eigenvalue weighted by Gasteiger charge is 2.06. The van der Waals surface area contributed by atoms with Gasteiger partial charge >= 0.3 is 0 Å². The quantitative estimate of drug-likeness (QED) is 0.871. The van der Waals surface area contributed by atoms with Gasteiger partial charge in [-0.15, -0.1) is 0 Å². The Bertz CT molecular complexity index is 549. The highest BCUT2D eigenvalue weighted by atomic mass is 16.5. The summed E-state index contributed by atoms with van der Waals surface area (Å²) in [4.78, 5) is 11.9. The van der Waals surface area contributed by atoms with Crippen LogP contribution in [0.5, 0.6) is 11.5 Å². The predicted molar refractivity (Wildman–Crippen MR) is 69.1 cm³/mol. The van der Waals surface area contributed by atoms with Crippen molar-refractivity contribution in [2.24, 2.45) is 0 Å². The smallest absolute Gasteiger partial charge is 0.255 e. The van der Waals surface area contributed by atoms with Crippen LogP contribution in [0.15, 0.2) is 48.5 Å². The largest absolute Gasteiger partial charge is 0.508 e. The number of aromatic hydroxyl groups is 1. The molecule has 0 aliphatic carbocycles. The van der Waals surface area contributed by atoms with Crippen molar-refractivity contribution in [3.05, 3.63) is 54.1 Å². The molecule has 0 bridgehead atoms. The van der Waals surface area contributed by atoms with E-state index in [0.717, 1.165) is 0 Å². The molecule has 2 N–H and O–H groups in total. The first-order valence-corrected chi connectivity index (χ1v) is 5.43. The van der Waals surface area contributed by atoms with Crippen LogP contribution < -0.4 is 10.1 Å². The maximum absolute atomic E-state index is 11.9. The lowest BCUT2D eigenvalue weighted by Gasteiger charge is -2.07. The minimum absolute atomic E-state index is 0.132. The minimum atomic E-state index is -0.233. The Balaban J connectivity index is 2.13. The van der Waals surface area contributed by atoms with Crippen LogP contribution in [0.4, 0.5) is 5.69 Å². The van der Waals surface area contributed by atoms with Crippen molar-refractivity contribution in [1.29, 1.82) is 0 Å². The highest BCUT2D eigenvalue weighted by molar-refractivity contribution is 6.04. The van der Waals surface area contributed by atoms with Crippen LogP contribution in [0, 0.1) is 0 Å². The van der Waals surface area contributed by atoms with Gasteiger partial charge in [-0.2, -0.15) is 0 Å². The average molecular weight is 243 g/mol. The van der Waals surface area contributed by atoms with E-state index in [2.05, 4.69) is 5.32 Å². The molecule has 2 aromatic rings. The topological polar surface area (TPSA) is 58.6 Å². The summed E-state index contributed by atoms with van der Waals surface area (Å²) in [5, 5.41) is 11.9. The second-order valence-corrected chi connectivity index (χ2v) is 3.73. The van der Waals surface area contributed by atoms with E-state index in [1.807, 2.05) is 0 Å². The maximum Gasteiger partial charge on any atom is 0.255 e. The molecule has 4 heteroatoms. The zero-order chi connectivity index (χ0) is 13.0. The molecule has 4 nitrogen and oxygen atoms in total. The zero-order valence-electron chi connectivity index (χ0n) is 9.88. The fourth-order valence-corrected chi connectivity index (χ4v) is 1.52. The van der Waals surface area contributed by atoms with Gasteiger partial charge in [-0.25, -0.2) is 0 Å². The van der Waals surface area contributed by atoms with Crippen LogP contribution in [0.2, 0.25) is 0 Å². The number of benzene rings is 2. The van der Waals surface area contributed by atoms with Gasteiger partial charge < -0.3 is 15.2 Å². The van der Waals surface area contributed by atoms with Crippen molar-refractivity contribution < 1.29 is 14.6 Å². The second kappa shape index (κ2) is 5.23. The number of rotatable bonds is 3. The van der Waals surface area contributed by atoms with Gasteiger partial charge in [0.1, 0.15) is 11.5 Å². The third-order valence-electron chi connectivity index (χ3n) is 2.46. The number of phenols is 1. The number of methoxy groups -OCH3 is 1. The Morgan fingerprint density at radius 3 is 2.56 bits per heavy atom. The van der Waals surface area contributed by atoms with Crippen LogP contribution in [0.1, 0.15) is 10.4 Å². The maximum atomic E-state index is 11.9. The molecule has 0 aliphatic rings. The molecule has 0 radical (unpaired) electrons. The number of ether oxygens (including phenoxy) is 1. The van der Waals surface area contributed by atoms with Crippen molar-refractivity contribution in [3.63, 3.8) is 0 Å². The van der Waals surface area contributed by atoms with E-state index in [0.29, 0.717) is 17.0 Å². The second-order valence-electron chi connectivity index (χ2n) is 3.73. The van der Waals surface area contributed by atoms with E-state index in [-0.39, 0.29) is 11.7 Å². The Kier molecular flexibility index (Phi) is 3.48. The summed E-state index contributed by atoms with van der Waals surface area (Å²) in [7, 11) is 1.57. The lowest BCUT2D eigenvalue weighted by Crippen LogP contribution is -2.11. The van der Waals surface area contributed by atoms with Crippen molar-refractivity contribution in [2.75, 3.05) is 12.4 Å². The van der Waals surface area contributed by atoms with Gasteiger partial charge in [0.2, 0.25) is 0 Å². The van der Waals surface area contributed by atoms with Crippen molar-refractivity contribution in [2.45, 2.75) is 0 Å². The number of carbonyl (C=O) groups is 1. The number of hydrogen-bond donors (Lipinski definition) is 2. The van der Waals surface area contributed by atoms with Crippen LogP contribution in [0.25, 0.3) is 0 Å². The van der Waals surface area contributed by atoms with E-state index in [9.17, 15) is 4.79 Å². The first-order chi connectivity index (χ1) is 8.69. The molecule has 18 heavy (non-hydrogen) atoms. The summed E-state index contributed by atoms with van der Waals surface area (Å²) >= 11 is 0. The molecule has 0 aromatic heterocycles. The first kappa shape index (κ1) is 12.0. The molecular formula is C14H13NO3. The molecule has 92 valence electrons. The molecule has 0 heterocycles. The number of amides is 1. The number of hydrogen-bond acceptors (Lipinski definition) is 3. The summed E-state index contributed by atoms with van der Waals surface area (Å²) in [6, 6.07) is 13.2. The Labute approximate surface area is 105 Å². The SMILES string of the molecule is COc1cccc(NC(=O)c2ccc(O)cc2)c1. The van der Waals surface area contributed by atoms with E-state index < -0.39 is 0 Å². The lowest BCUT2D eigenvalue weighted by atomic mass is 10.2. The Morgan fingerprint density at radius 1 is 1.17 bits per heavy atom. The lowest BCUT2D eigenvalue weighted by molar-refractivity contribution is 0.102. The molecule has 0 saturated heterocycles. The molecule has 0 atom stereocenters. The number of anilines is 1. The summed E-state index contributed by atoms with van der Waals surface area (Å²) < 4.78 is 5.07. The van der Waals surface area contributed by atoms with E-state index in [4.69, 9.17) is 9.84 Å². The third kappa shape index (κ3) is 2.79. The van der Waals surface area contributed by atoms with Crippen LogP contribution >= 0.6 is 0 Å². The fraction of sp³-hybridized carbons (Fsp3) is 0.0714. The molecular weight excluding hydrogens is 230 g/mol. The fourth-order valence-electron chi connectivity index (χ4n) is 1.52. The Morgan fingerprint density at radius 2 is 1.89 bits per heavy atom. The van der Waals surface area contributed by atoms with Gasteiger partial charge in [-0.1, -0.05) is 6.07 Å². The molecule has 0 unspecified atom stereocenters. The van der Waals surface area contributed by atoms with E-state index >= 15 is 0 Å². The van der Waals surface area contributed by atoms with Crippen LogP contribution in [0.3, 0.4) is 0 Å². The van der Waals surface area contributed by atoms with E-state index in [1.165, 1.54) is 12.1 Å². The zero-order valence-corrected chi connectivity index (χ0v) is 9.88. The summed E-state index contributed by atoms with van der Waals surface area (Å²) in [6.07, 6.45) is 0. The molecule has 2 aromatic carbocycles. The van der Waals surface area contributed by atoms with Crippen molar-refractivity contribution in [3.8, 4) is 11.5 Å². The molecule has 2 rings (SSSR count). The normalized spacial score (nSPS) is 9.83. The molecule has 1 amide bonds. The Hall–Kier alpha value is -2.49. The van der Waals surface area contributed by atoms with Gasteiger partial charge in [-0.3, -0.25) is 4.79 Å². The van der Waals surface area contributed by atoms with Crippen molar-refractivity contribution >= 4 is 11.6 Å². The van der Waals surface area contributed by atoms with Gasteiger partial charge in [0.05, 0.1) is 7.11 Å². The van der Waals surface area contributed by atoms with Gasteiger partial charge in [0.25, 0.3) is 5.91 Å². The molecule has 0 fully saturated rings. The number of phenolic OH excluding ortho intramolecular Hbond substituents is 1. The van der Waals surface area contributed by atoms with E-state index in [1.54, 1.807) is 43.5 Å². The third-order valence-corrected chi connectivity index (χ3v) is 2.46. The van der Waals surface area contributed by atoms with Gasteiger partial charge in [0, 0.05) is 17.3 Å². The predicted octanol–water partition coefficient (Wildman–Crippen LogP) is 2.65. The standard InChI is InChI=1S/C14H13NO3/c1-18-13-4-2-3-11(9-13)15-14(17)10-5-7-12(16)8-6-10/h2-9,16H,1H3,(H,15,17). The summed E-state index contributed by atoms with van der Waals surface area (Å²) in [5.41, 5.74) is 1.14. The van der Waals surface area contributed by atoms with Crippen LogP contribution in [-0.2, 0) is 0 Å². The van der Waals surface area contributed by atoms with Crippen LogP contribution in [-0.4, -0.2) is 18.1 Å². The summed E-state index contributed by atoms with van der Waals surface area (Å²) in [6.45, 7) is 0. The molecule has 0 saturated carbocycles. The number of carbonyl (C=O) groups excluding carboxylic acids is 1. The average Bonchev–Trinajstić information content (AvgIpc) is 2.39. The van der Waals surface area contributed by atoms with Crippen molar-refractivity contribution in [1.82, 2.24) is 0 Å². The first-order valence-electron chi connectivity index (χ1n) is 5.43. The molecule has 0 aliphatic heterocycles. The highest BCUT2D eigenvalue weighted by Crippen LogP contribution is 2.18. The summed E-state index contributed by atoms with van der Waals surface area (Å²) in [5.74, 6) is 0.578. The van der Waals surface area contributed by atoms with Gasteiger partial charge in [-0.05, 0) is 36.4 Å². The van der Waals surface area contributed by atoms with Gasteiger partial charge in [0.15, 0.2) is 0 Å². The minimum Gasteiger partial charge on any atom is -0.508 e.